The van der Waals surface area contributed by atoms with E-state index >= 15 is 0 Å². The number of aliphatic hydroxyl groups is 1. The fourth-order valence-electron chi connectivity index (χ4n) is 1.50. The van der Waals surface area contributed by atoms with Crippen LogP contribution in [0.2, 0.25) is 0 Å². The van der Waals surface area contributed by atoms with E-state index in [1.807, 2.05) is 0 Å². The third-order valence-corrected chi connectivity index (χ3v) is 2.18. The Bertz CT molecular complexity index is 402. The highest BCUT2D eigenvalue weighted by molar-refractivity contribution is 5.58. The van der Waals surface area contributed by atoms with Gasteiger partial charge in [0, 0.05) is 6.07 Å². The van der Waals surface area contributed by atoms with Gasteiger partial charge in [0.1, 0.15) is 5.56 Å². The summed E-state index contributed by atoms with van der Waals surface area (Å²) in [5, 5.41) is 20.3. The van der Waals surface area contributed by atoms with Gasteiger partial charge >= 0.3 is 0 Å². The standard InChI is InChI=1S/C10H13NO5/c1-6(12)9-7(11(13)14)4-5-8(15-2)10(9)16-3/h4-6,12H,1-3H3/t6-/m0/s1. The lowest BCUT2D eigenvalue weighted by atomic mass is 10.1. The number of methoxy groups -OCH3 is 2. The van der Waals surface area contributed by atoms with Crippen LogP contribution in [-0.4, -0.2) is 24.2 Å². The molecular weight excluding hydrogens is 214 g/mol. The predicted molar refractivity (Wildman–Crippen MR) is 56.8 cm³/mol. The summed E-state index contributed by atoms with van der Waals surface area (Å²) >= 11 is 0. The van der Waals surface area contributed by atoms with E-state index in [4.69, 9.17) is 9.47 Å². The molecule has 0 saturated heterocycles. The summed E-state index contributed by atoms with van der Waals surface area (Å²) in [5.74, 6) is 0.538. The van der Waals surface area contributed by atoms with Crippen molar-refractivity contribution in [2.24, 2.45) is 0 Å². The molecule has 1 aromatic carbocycles. The lowest BCUT2D eigenvalue weighted by molar-refractivity contribution is -0.386. The number of hydrogen-bond acceptors (Lipinski definition) is 5. The molecule has 16 heavy (non-hydrogen) atoms. The second kappa shape index (κ2) is 4.80. The van der Waals surface area contributed by atoms with Gasteiger partial charge in [0.05, 0.1) is 25.2 Å². The second-order valence-corrected chi connectivity index (χ2v) is 3.17. The largest absolute Gasteiger partial charge is 0.493 e. The summed E-state index contributed by atoms with van der Waals surface area (Å²) in [4.78, 5) is 10.2. The highest BCUT2D eigenvalue weighted by Gasteiger charge is 2.25. The summed E-state index contributed by atoms with van der Waals surface area (Å²) in [6.45, 7) is 1.43. The lowest BCUT2D eigenvalue weighted by Gasteiger charge is -2.14. The molecule has 0 fully saturated rings. The van der Waals surface area contributed by atoms with Crippen molar-refractivity contribution in [3.05, 3.63) is 27.8 Å². The topological polar surface area (TPSA) is 81.8 Å². The molecule has 0 unspecified atom stereocenters. The number of ether oxygens (including phenoxy) is 2. The Labute approximate surface area is 92.6 Å². The van der Waals surface area contributed by atoms with Crippen LogP contribution in [-0.2, 0) is 0 Å². The van der Waals surface area contributed by atoms with Crippen molar-refractivity contribution in [2.75, 3.05) is 14.2 Å². The van der Waals surface area contributed by atoms with Gasteiger partial charge in [-0.25, -0.2) is 0 Å². The van der Waals surface area contributed by atoms with Crippen LogP contribution in [0.5, 0.6) is 11.5 Å². The molecule has 0 amide bonds. The summed E-state index contributed by atoms with van der Waals surface area (Å²) in [7, 11) is 2.79. The molecule has 0 aliphatic rings. The van der Waals surface area contributed by atoms with Crippen LogP contribution in [0, 0.1) is 10.1 Å². The maximum atomic E-state index is 10.8. The van der Waals surface area contributed by atoms with Crippen molar-refractivity contribution in [1.29, 1.82) is 0 Å². The first-order chi connectivity index (χ1) is 7.52. The van der Waals surface area contributed by atoms with Crippen molar-refractivity contribution in [3.63, 3.8) is 0 Å². The van der Waals surface area contributed by atoms with Crippen LogP contribution >= 0.6 is 0 Å². The van der Waals surface area contributed by atoms with Gasteiger partial charge in [-0.15, -0.1) is 0 Å². The van der Waals surface area contributed by atoms with Crippen molar-refractivity contribution >= 4 is 5.69 Å². The molecule has 1 atom stereocenters. The smallest absolute Gasteiger partial charge is 0.279 e. The van der Waals surface area contributed by atoms with Gasteiger partial charge < -0.3 is 14.6 Å². The molecular formula is C10H13NO5. The van der Waals surface area contributed by atoms with Crippen LogP contribution < -0.4 is 9.47 Å². The minimum absolute atomic E-state index is 0.117. The van der Waals surface area contributed by atoms with Crippen LogP contribution in [0.25, 0.3) is 0 Å². The molecule has 0 saturated carbocycles. The lowest BCUT2D eigenvalue weighted by Crippen LogP contribution is -2.04. The minimum atomic E-state index is -1.01. The Hall–Kier alpha value is -1.82. The van der Waals surface area contributed by atoms with E-state index in [-0.39, 0.29) is 17.0 Å². The minimum Gasteiger partial charge on any atom is -0.493 e. The maximum absolute atomic E-state index is 10.8. The van der Waals surface area contributed by atoms with E-state index in [1.54, 1.807) is 0 Å². The van der Waals surface area contributed by atoms with Gasteiger partial charge in [-0.3, -0.25) is 10.1 Å². The van der Waals surface area contributed by atoms with Crippen LogP contribution in [0.3, 0.4) is 0 Å². The fraction of sp³-hybridized carbons (Fsp3) is 0.400. The molecule has 1 rings (SSSR count). The SMILES string of the molecule is COc1ccc([N+](=O)[O-])c([C@H](C)O)c1OC. The van der Waals surface area contributed by atoms with Crippen molar-refractivity contribution in [1.82, 2.24) is 0 Å². The van der Waals surface area contributed by atoms with Gasteiger partial charge in [-0.05, 0) is 13.0 Å². The molecule has 0 radical (unpaired) electrons. The summed E-state index contributed by atoms with van der Waals surface area (Å²) in [6.07, 6.45) is -1.01. The molecule has 6 heteroatoms. The Kier molecular flexibility index (Phi) is 3.68. The van der Waals surface area contributed by atoms with Gasteiger partial charge in [-0.2, -0.15) is 0 Å². The average Bonchev–Trinajstić information content (AvgIpc) is 2.26. The second-order valence-electron chi connectivity index (χ2n) is 3.17. The monoisotopic (exact) mass is 227 g/mol. The quantitative estimate of drug-likeness (QED) is 0.624. The predicted octanol–water partition coefficient (Wildman–Crippen LogP) is 1.67. The van der Waals surface area contributed by atoms with Crippen molar-refractivity contribution in [2.45, 2.75) is 13.0 Å². The summed E-state index contributed by atoms with van der Waals surface area (Å²) in [6, 6.07) is 2.71. The number of benzene rings is 1. The third kappa shape index (κ3) is 2.06. The zero-order chi connectivity index (χ0) is 12.3. The molecule has 0 aliphatic carbocycles. The fourth-order valence-corrected chi connectivity index (χ4v) is 1.50. The van der Waals surface area contributed by atoms with Gasteiger partial charge in [-0.1, -0.05) is 0 Å². The molecule has 0 heterocycles. The first kappa shape index (κ1) is 12.3. The van der Waals surface area contributed by atoms with E-state index in [0.717, 1.165) is 0 Å². The Balaban J connectivity index is 3.50. The van der Waals surface area contributed by atoms with Crippen molar-refractivity contribution in [3.8, 4) is 11.5 Å². The van der Waals surface area contributed by atoms with Crippen LogP contribution in [0.15, 0.2) is 12.1 Å². The van der Waals surface area contributed by atoms with Gasteiger partial charge in [0.2, 0.25) is 0 Å². The summed E-state index contributed by atoms with van der Waals surface area (Å²) in [5.41, 5.74) is -0.0699. The Morgan fingerprint density at radius 1 is 1.38 bits per heavy atom. The van der Waals surface area contributed by atoms with E-state index in [9.17, 15) is 15.2 Å². The van der Waals surface area contributed by atoms with Gasteiger partial charge in [0.25, 0.3) is 5.69 Å². The summed E-state index contributed by atoms with van der Waals surface area (Å²) < 4.78 is 10.0. The number of hydrogen-bond donors (Lipinski definition) is 1. The molecule has 1 aromatic rings. The first-order valence-corrected chi connectivity index (χ1v) is 4.60. The van der Waals surface area contributed by atoms with E-state index in [0.29, 0.717) is 5.75 Å². The molecule has 6 nitrogen and oxygen atoms in total. The Morgan fingerprint density at radius 3 is 2.38 bits per heavy atom. The van der Waals surface area contributed by atoms with Crippen LogP contribution in [0.1, 0.15) is 18.6 Å². The number of nitrogens with zero attached hydrogens (tertiary/aromatic N) is 1. The third-order valence-electron chi connectivity index (χ3n) is 2.18. The highest BCUT2D eigenvalue weighted by atomic mass is 16.6. The highest BCUT2D eigenvalue weighted by Crippen LogP contribution is 2.40. The van der Waals surface area contributed by atoms with E-state index in [1.165, 1.54) is 33.3 Å². The number of nitro benzene ring substituents is 1. The zero-order valence-corrected chi connectivity index (χ0v) is 9.26. The first-order valence-electron chi connectivity index (χ1n) is 4.60. The van der Waals surface area contributed by atoms with Gasteiger partial charge in [0.15, 0.2) is 11.5 Å². The number of nitro groups is 1. The number of rotatable bonds is 4. The van der Waals surface area contributed by atoms with Crippen LogP contribution in [0.4, 0.5) is 5.69 Å². The molecule has 0 aliphatic heterocycles. The molecule has 1 N–H and O–H groups in total. The molecule has 88 valence electrons. The zero-order valence-electron chi connectivity index (χ0n) is 9.26. The average molecular weight is 227 g/mol. The molecule has 0 aromatic heterocycles. The van der Waals surface area contributed by atoms with E-state index in [2.05, 4.69) is 0 Å². The molecule has 0 bridgehead atoms. The van der Waals surface area contributed by atoms with Crippen molar-refractivity contribution < 1.29 is 19.5 Å². The normalized spacial score (nSPS) is 12.0. The number of aliphatic hydroxyl groups excluding tert-OH is 1. The van der Waals surface area contributed by atoms with E-state index < -0.39 is 11.0 Å². The molecule has 0 spiro atoms. The Morgan fingerprint density at radius 2 is 2.00 bits per heavy atom. The maximum Gasteiger partial charge on any atom is 0.279 e.